The highest BCUT2D eigenvalue weighted by Gasteiger charge is 2.20. The number of benzene rings is 2. The fourth-order valence-corrected chi connectivity index (χ4v) is 3.89. The highest BCUT2D eigenvalue weighted by atomic mass is 35.5. The Balaban J connectivity index is 1.22. The molecule has 2 N–H and O–H groups in total. The normalized spacial score (nSPS) is 15.2. The number of hydrogen-bond acceptors (Lipinski definition) is 5. The first kappa shape index (κ1) is 21.2. The van der Waals surface area contributed by atoms with Crippen molar-refractivity contribution >= 4 is 23.2 Å². The van der Waals surface area contributed by atoms with E-state index in [1.807, 2.05) is 24.3 Å². The molecule has 0 aliphatic carbocycles. The van der Waals surface area contributed by atoms with Gasteiger partial charge in [-0.1, -0.05) is 47.1 Å². The molecule has 1 saturated heterocycles. The van der Waals surface area contributed by atoms with Crippen LogP contribution in [0.3, 0.4) is 0 Å². The number of para-hydroxylation sites is 1. The number of hydrogen-bond donors (Lipinski definition) is 2. The third-order valence-electron chi connectivity index (χ3n) is 5.36. The molecule has 1 aliphatic heterocycles. The van der Waals surface area contributed by atoms with E-state index in [0.717, 1.165) is 37.5 Å². The van der Waals surface area contributed by atoms with Crippen molar-refractivity contribution in [2.45, 2.75) is 25.3 Å². The summed E-state index contributed by atoms with van der Waals surface area (Å²) in [6.07, 6.45) is 2.76. The standard InChI is InChI=1S/C23H27ClN6O/c1-25-23(27-19-11-14-30(15-12-19)20-8-3-2-4-9-20)26-13-10-21-28-22(29-31-21)17-6-5-7-18(24)16-17/h2-9,16,19H,10-15H2,1H3,(H2,25,26,27). The summed E-state index contributed by atoms with van der Waals surface area (Å²) in [7, 11) is 1.79. The van der Waals surface area contributed by atoms with Crippen LogP contribution in [-0.2, 0) is 6.42 Å². The van der Waals surface area contributed by atoms with E-state index >= 15 is 0 Å². The molecular weight excluding hydrogens is 412 g/mol. The van der Waals surface area contributed by atoms with E-state index in [4.69, 9.17) is 16.1 Å². The van der Waals surface area contributed by atoms with E-state index in [-0.39, 0.29) is 0 Å². The molecule has 1 aliphatic rings. The summed E-state index contributed by atoms with van der Waals surface area (Å²) in [5.41, 5.74) is 2.13. The van der Waals surface area contributed by atoms with Crippen molar-refractivity contribution in [2.24, 2.45) is 4.99 Å². The number of aliphatic imine (C=N–C) groups is 1. The predicted octanol–water partition coefficient (Wildman–Crippen LogP) is 3.77. The minimum absolute atomic E-state index is 0.406. The molecule has 7 nitrogen and oxygen atoms in total. The number of nitrogens with one attached hydrogen (secondary N) is 2. The van der Waals surface area contributed by atoms with Crippen LogP contribution in [0.15, 0.2) is 64.1 Å². The van der Waals surface area contributed by atoms with E-state index < -0.39 is 0 Å². The summed E-state index contributed by atoms with van der Waals surface area (Å²) >= 11 is 6.04. The summed E-state index contributed by atoms with van der Waals surface area (Å²) in [4.78, 5) is 11.2. The van der Waals surface area contributed by atoms with Gasteiger partial charge in [0.1, 0.15) is 0 Å². The highest BCUT2D eigenvalue weighted by Crippen LogP contribution is 2.20. The lowest BCUT2D eigenvalue weighted by Gasteiger charge is -2.34. The first-order valence-electron chi connectivity index (χ1n) is 10.6. The summed E-state index contributed by atoms with van der Waals surface area (Å²) in [5.74, 6) is 1.92. The molecule has 3 aromatic rings. The molecule has 0 amide bonds. The zero-order valence-electron chi connectivity index (χ0n) is 17.6. The van der Waals surface area contributed by atoms with Crippen molar-refractivity contribution in [3.05, 3.63) is 65.5 Å². The zero-order valence-corrected chi connectivity index (χ0v) is 18.3. The van der Waals surface area contributed by atoms with Gasteiger partial charge in [0.2, 0.25) is 11.7 Å². The first-order valence-corrected chi connectivity index (χ1v) is 10.9. The van der Waals surface area contributed by atoms with E-state index in [1.165, 1.54) is 5.69 Å². The van der Waals surface area contributed by atoms with Crippen molar-refractivity contribution in [3.8, 4) is 11.4 Å². The summed E-state index contributed by atoms with van der Waals surface area (Å²) in [6.45, 7) is 2.72. The third-order valence-corrected chi connectivity index (χ3v) is 5.60. The topological polar surface area (TPSA) is 78.6 Å². The maximum atomic E-state index is 6.04. The van der Waals surface area contributed by atoms with Crippen molar-refractivity contribution in [3.63, 3.8) is 0 Å². The Morgan fingerprint density at radius 2 is 1.97 bits per heavy atom. The quantitative estimate of drug-likeness (QED) is 0.450. The average Bonchev–Trinajstić information content (AvgIpc) is 3.28. The van der Waals surface area contributed by atoms with E-state index in [1.54, 1.807) is 7.05 Å². The second kappa shape index (κ2) is 10.3. The molecule has 0 radical (unpaired) electrons. The van der Waals surface area contributed by atoms with Crippen molar-refractivity contribution in [1.29, 1.82) is 0 Å². The predicted molar refractivity (Wildman–Crippen MR) is 125 cm³/mol. The molecule has 0 saturated carbocycles. The van der Waals surface area contributed by atoms with Gasteiger partial charge in [-0.3, -0.25) is 4.99 Å². The largest absolute Gasteiger partial charge is 0.371 e. The monoisotopic (exact) mass is 438 g/mol. The van der Waals surface area contributed by atoms with Crippen LogP contribution in [0.4, 0.5) is 5.69 Å². The minimum atomic E-state index is 0.406. The molecule has 1 fully saturated rings. The number of nitrogens with zero attached hydrogens (tertiary/aromatic N) is 4. The number of anilines is 1. The van der Waals surface area contributed by atoms with Gasteiger partial charge >= 0.3 is 0 Å². The van der Waals surface area contributed by atoms with E-state index in [2.05, 4.69) is 61.0 Å². The van der Waals surface area contributed by atoms with Gasteiger partial charge < -0.3 is 20.1 Å². The first-order chi connectivity index (χ1) is 15.2. The second-order valence-electron chi connectivity index (χ2n) is 7.51. The van der Waals surface area contributed by atoms with E-state index in [0.29, 0.717) is 35.7 Å². The van der Waals surface area contributed by atoms with Crippen LogP contribution >= 0.6 is 11.6 Å². The van der Waals surface area contributed by atoms with E-state index in [9.17, 15) is 0 Å². The highest BCUT2D eigenvalue weighted by molar-refractivity contribution is 6.30. The summed E-state index contributed by atoms with van der Waals surface area (Å²) in [5, 5.41) is 11.6. The van der Waals surface area contributed by atoms with Gasteiger partial charge in [-0.2, -0.15) is 4.98 Å². The Morgan fingerprint density at radius 1 is 1.16 bits per heavy atom. The summed E-state index contributed by atoms with van der Waals surface area (Å²) in [6, 6.07) is 18.4. The van der Waals surface area contributed by atoms with Gasteiger partial charge in [0, 0.05) is 55.4 Å². The molecule has 0 bridgehead atoms. The molecule has 2 heterocycles. The molecule has 8 heteroatoms. The molecule has 0 atom stereocenters. The van der Waals surface area contributed by atoms with Crippen molar-refractivity contribution < 1.29 is 4.52 Å². The second-order valence-corrected chi connectivity index (χ2v) is 7.95. The molecular formula is C23H27ClN6O. The summed E-state index contributed by atoms with van der Waals surface area (Å²) < 4.78 is 5.37. The van der Waals surface area contributed by atoms with Gasteiger partial charge in [-0.25, -0.2) is 0 Å². The van der Waals surface area contributed by atoms with Crippen LogP contribution < -0.4 is 15.5 Å². The number of aromatic nitrogens is 2. The van der Waals surface area contributed by atoms with Gasteiger partial charge in [0.25, 0.3) is 0 Å². The lowest BCUT2D eigenvalue weighted by atomic mass is 10.0. The van der Waals surface area contributed by atoms with Gasteiger partial charge in [0.05, 0.1) is 0 Å². The lowest BCUT2D eigenvalue weighted by molar-refractivity contribution is 0.378. The van der Waals surface area contributed by atoms with Crippen LogP contribution in [0.2, 0.25) is 5.02 Å². The van der Waals surface area contributed by atoms with Crippen LogP contribution in [0.1, 0.15) is 18.7 Å². The van der Waals surface area contributed by atoms with Gasteiger partial charge in [0.15, 0.2) is 5.96 Å². The van der Waals surface area contributed by atoms with Crippen LogP contribution in [0, 0.1) is 0 Å². The lowest BCUT2D eigenvalue weighted by Crippen LogP contribution is -2.49. The fraction of sp³-hybridized carbons (Fsp3) is 0.348. The van der Waals surface area contributed by atoms with Crippen molar-refractivity contribution in [2.75, 3.05) is 31.6 Å². The Morgan fingerprint density at radius 3 is 2.71 bits per heavy atom. The molecule has 0 spiro atoms. The van der Waals surface area contributed by atoms with Crippen LogP contribution in [0.25, 0.3) is 11.4 Å². The SMILES string of the molecule is CN=C(NCCc1nc(-c2cccc(Cl)c2)no1)NC1CCN(c2ccccc2)CC1. The van der Waals surface area contributed by atoms with Crippen molar-refractivity contribution in [1.82, 2.24) is 20.8 Å². The molecule has 31 heavy (non-hydrogen) atoms. The molecule has 2 aromatic carbocycles. The van der Waals surface area contributed by atoms with Gasteiger partial charge in [-0.05, 0) is 37.1 Å². The maximum Gasteiger partial charge on any atom is 0.228 e. The zero-order chi connectivity index (χ0) is 21.5. The maximum absolute atomic E-state index is 6.04. The number of halogens is 1. The number of piperidine rings is 1. The van der Waals surface area contributed by atoms with Crippen LogP contribution in [0.5, 0.6) is 0 Å². The molecule has 0 unspecified atom stereocenters. The smallest absolute Gasteiger partial charge is 0.228 e. The number of rotatable bonds is 6. The molecule has 4 rings (SSSR count). The Labute approximate surface area is 187 Å². The molecule has 162 valence electrons. The van der Waals surface area contributed by atoms with Crippen LogP contribution in [-0.4, -0.2) is 48.8 Å². The fourth-order valence-electron chi connectivity index (χ4n) is 3.70. The number of guanidine groups is 1. The Kier molecular flexibility index (Phi) is 7.04. The average molecular weight is 439 g/mol. The minimum Gasteiger partial charge on any atom is -0.371 e. The Bertz CT molecular complexity index is 998. The third kappa shape index (κ3) is 5.76. The molecule has 1 aromatic heterocycles. The van der Waals surface area contributed by atoms with Gasteiger partial charge in [-0.15, -0.1) is 0 Å². The Hall–Kier alpha value is -3.06.